The van der Waals surface area contributed by atoms with Crippen molar-refractivity contribution in [3.63, 3.8) is 0 Å². The zero-order valence-corrected chi connectivity index (χ0v) is 16.0. The van der Waals surface area contributed by atoms with Gasteiger partial charge < -0.3 is 39.1 Å². The van der Waals surface area contributed by atoms with Crippen LogP contribution >= 0.6 is 0 Å². The summed E-state index contributed by atoms with van der Waals surface area (Å²) in [5.41, 5.74) is 0.374. The summed E-state index contributed by atoms with van der Waals surface area (Å²) in [4.78, 5) is 22.4. The normalized spacial score (nSPS) is 28.4. The van der Waals surface area contributed by atoms with Gasteiger partial charge in [0, 0.05) is 17.5 Å². The molecule has 1 aliphatic heterocycles. The Bertz CT molecular complexity index is 864. The van der Waals surface area contributed by atoms with Crippen LogP contribution in [0.25, 0.3) is 11.0 Å². The van der Waals surface area contributed by atoms with E-state index in [1.54, 1.807) is 13.0 Å². The molecule has 134 valence electrons. The number of carboxylic acid groups (broad SMARTS) is 1. The van der Waals surface area contributed by atoms with Crippen molar-refractivity contribution >= 4 is 16.9 Å². The van der Waals surface area contributed by atoms with E-state index in [0.717, 1.165) is 0 Å². The fraction of sp³-hybridized carbons (Fsp3) is 0.375. The minimum absolute atomic E-state index is 0. The van der Waals surface area contributed by atoms with Crippen molar-refractivity contribution in [1.82, 2.24) is 0 Å². The average Bonchev–Trinajstić information content (AvgIpc) is 2.54. The molecule has 1 aromatic heterocycles. The van der Waals surface area contributed by atoms with E-state index in [-0.39, 0.29) is 40.9 Å². The largest absolute Gasteiger partial charge is 1.00 e. The van der Waals surface area contributed by atoms with Gasteiger partial charge in [0.2, 0.25) is 6.29 Å². The molecule has 5 atom stereocenters. The van der Waals surface area contributed by atoms with Crippen LogP contribution in [0.5, 0.6) is 5.75 Å². The van der Waals surface area contributed by atoms with Gasteiger partial charge in [0.1, 0.15) is 35.7 Å². The standard InChI is InChI=1S/C16H16O9.Na/c1-6-4-10(17)24-9-5-7(2-3-8(6)9)23-16-13(20)11(18)12(19)14(25-16)15(21)22;/h2-5,11-14,16,18-20H,1H3,(H,21,22);/q;+1/p-1/t11?,12-,13?,14?,16-;/m1./s1. The van der Waals surface area contributed by atoms with Gasteiger partial charge in [-0.3, -0.25) is 0 Å². The SMILES string of the molecule is Cc1cc(=O)oc2cc(O[C@@H]3OC(C(=O)[O-])[C@H](O)C(O)C3O)ccc12.[Na+]. The van der Waals surface area contributed by atoms with E-state index in [1.807, 2.05) is 0 Å². The van der Waals surface area contributed by atoms with Crippen molar-refractivity contribution < 1.29 is 68.7 Å². The maximum absolute atomic E-state index is 11.4. The molecule has 0 radical (unpaired) electrons. The first-order valence-corrected chi connectivity index (χ1v) is 7.39. The zero-order valence-electron chi connectivity index (χ0n) is 14.0. The second-order valence-electron chi connectivity index (χ2n) is 5.74. The van der Waals surface area contributed by atoms with E-state index in [2.05, 4.69) is 0 Å². The van der Waals surface area contributed by atoms with Crippen LogP contribution in [-0.4, -0.2) is 52.0 Å². The summed E-state index contributed by atoms with van der Waals surface area (Å²) < 4.78 is 15.4. The number of carboxylic acids is 1. The van der Waals surface area contributed by atoms with Gasteiger partial charge in [0.25, 0.3) is 0 Å². The molecule has 1 aliphatic rings. The van der Waals surface area contributed by atoms with Crippen LogP contribution in [0, 0.1) is 6.92 Å². The molecule has 0 saturated carbocycles. The molecule has 0 spiro atoms. The second kappa shape index (κ2) is 8.05. The van der Waals surface area contributed by atoms with Gasteiger partial charge >= 0.3 is 35.2 Å². The Morgan fingerprint density at radius 1 is 1.15 bits per heavy atom. The molecule has 9 nitrogen and oxygen atoms in total. The minimum Gasteiger partial charge on any atom is -0.547 e. The monoisotopic (exact) mass is 374 g/mol. The number of aliphatic carboxylic acids is 1. The third-order valence-electron chi connectivity index (χ3n) is 3.98. The van der Waals surface area contributed by atoms with Gasteiger partial charge in [0.15, 0.2) is 0 Å². The Hall–Kier alpha value is -1.46. The molecular formula is C16H15NaO9. The van der Waals surface area contributed by atoms with Crippen molar-refractivity contribution in [3.8, 4) is 5.75 Å². The molecule has 2 heterocycles. The summed E-state index contributed by atoms with van der Waals surface area (Å²) in [6, 6.07) is 5.81. The fourth-order valence-electron chi connectivity index (χ4n) is 2.65. The summed E-state index contributed by atoms with van der Waals surface area (Å²) in [5.74, 6) is -1.65. The van der Waals surface area contributed by atoms with E-state index in [0.29, 0.717) is 10.9 Å². The average molecular weight is 374 g/mol. The maximum Gasteiger partial charge on any atom is 1.00 e. The summed E-state index contributed by atoms with van der Waals surface area (Å²) in [7, 11) is 0. The summed E-state index contributed by atoms with van der Waals surface area (Å²) in [5, 5.41) is 40.9. The van der Waals surface area contributed by atoms with E-state index in [9.17, 15) is 30.0 Å². The van der Waals surface area contributed by atoms with E-state index in [4.69, 9.17) is 13.9 Å². The first-order valence-electron chi connectivity index (χ1n) is 7.39. The van der Waals surface area contributed by atoms with Gasteiger partial charge in [-0.05, 0) is 24.6 Å². The first-order chi connectivity index (χ1) is 11.8. The molecule has 3 rings (SSSR count). The number of benzene rings is 1. The molecule has 3 unspecified atom stereocenters. The number of fused-ring (bicyclic) bond motifs is 1. The predicted octanol–water partition coefficient (Wildman–Crippen LogP) is -4.96. The van der Waals surface area contributed by atoms with Crippen molar-refractivity contribution in [1.29, 1.82) is 0 Å². The Balaban J connectivity index is 0.00000243. The number of aliphatic hydroxyl groups excluding tert-OH is 3. The molecule has 26 heavy (non-hydrogen) atoms. The van der Waals surface area contributed by atoms with Crippen LogP contribution in [0.1, 0.15) is 5.56 Å². The summed E-state index contributed by atoms with van der Waals surface area (Å²) >= 11 is 0. The second-order valence-corrected chi connectivity index (χ2v) is 5.74. The summed E-state index contributed by atoms with van der Waals surface area (Å²) in [6.07, 6.45) is -8.82. The molecule has 0 amide bonds. The predicted molar refractivity (Wildman–Crippen MR) is 79.5 cm³/mol. The van der Waals surface area contributed by atoms with Crippen LogP contribution in [0.2, 0.25) is 0 Å². The van der Waals surface area contributed by atoms with Crippen LogP contribution in [0.3, 0.4) is 0 Å². The number of rotatable bonds is 3. The van der Waals surface area contributed by atoms with Crippen LogP contribution in [-0.2, 0) is 9.53 Å². The quantitative estimate of drug-likeness (QED) is 0.355. The maximum atomic E-state index is 11.4. The Morgan fingerprint density at radius 3 is 2.50 bits per heavy atom. The Kier molecular flexibility index (Phi) is 6.46. The molecule has 0 aliphatic carbocycles. The van der Waals surface area contributed by atoms with Gasteiger partial charge in [0.05, 0.1) is 5.97 Å². The minimum atomic E-state index is -1.87. The Labute approximate surface area is 169 Å². The van der Waals surface area contributed by atoms with Crippen LogP contribution in [0.4, 0.5) is 0 Å². The number of hydrogen-bond donors (Lipinski definition) is 3. The van der Waals surface area contributed by atoms with Crippen molar-refractivity contribution in [2.45, 2.75) is 37.6 Å². The smallest absolute Gasteiger partial charge is 0.547 e. The zero-order chi connectivity index (χ0) is 18.3. The van der Waals surface area contributed by atoms with E-state index in [1.165, 1.54) is 18.2 Å². The van der Waals surface area contributed by atoms with Crippen molar-refractivity contribution in [3.05, 3.63) is 40.2 Å². The number of carbonyl (C=O) groups excluding carboxylic acids is 1. The number of aliphatic hydroxyl groups is 3. The molecular weight excluding hydrogens is 359 g/mol. The molecule has 1 fully saturated rings. The molecule has 2 aromatic rings. The molecule has 0 bridgehead atoms. The third-order valence-corrected chi connectivity index (χ3v) is 3.98. The number of hydrogen-bond acceptors (Lipinski definition) is 9. The number of carbonyl (C=O) groups is 1. The molecule has 10 heteroatoms. The fourth-order valence-corrected chi connectivity index (χ4v) is 2.65. The van der Waals surface area contributed by atoms with Gasteiger partial charge in [-0.2, -0.15) is 0 Å². The summed E-state index contributed by atoms with van der Waals surface area (Å²) in [6.45, 7) is 1.73. The molecule has 1 saturated heterocycles. The van der Waals surface area contributed by atoms with Gasteiger partial charge in [-0.15, -0.1) is 0 Å². The molecule has 1 aromatic carbocycles. The first kappa shape index (κ1) is 20.8. The van der Waals surface area contributed by atoms with Gasteiger partial charge in [-0.1, -0.05) is 0 Å². The number of aryl methyl sites for hydroxylation is 1. The van der Waals surface area contributed by atoms with Crippen LogP contribution < -0.4 is 45.0 Å². The van der Waals surface area contributed by atoms with Crippen LogP contribution in [0.15, 0.2) is 33.5 Å². The van der Waals surface area contributed by atoms with E-state index < -0.39 is 42.3 Å². The van der Waals surface area contributed by atoms with E-state index >= 15 is 0 Å². The van der Waals surface area contributed by atoms with Crippen molar-refractivity contribution in [2.24, 2.45) is 0 Å². The van der Waals surface area contributed by atoms with Gasteiger partial charge in [-0.25, -0.2) is 4.79 Å². The molecule has 3 N–H and O–H groups in total. The Morgan fingerprint density at radius 2 is 1.85 bits per heavy atom. The van der Waals surface area contributed by atoms with Crippen molar-refractivity contribution in [2.75, 3.05) is 0 Å². The third kappa shape index (κ3) is 3.94. The number of ether oxygens (including phenoxy) is 2. The topological polar surface area (TPSA) is 149 Å².